The molecule has 0 radical (unpaired) electrons. The van der Waals surface area contributed by atoms with E-state index >= 15 is 0 Å². The van der Waals surface area contributed by atoms with Crippen LogP contribution in [0.15, 0.2) is 18.2 Å². The molecule has 33 heavy (non-hydrogen) atoms. The smallest absolute Gasteiger partial charge is 0.455 e. The predicted octanol–water partition coefficient (Wildman–Crippen LogP) is 1.48. The van der Waals surface area contributed by atoms with Crippen LogP contribution < -0.4 is 20.7 Å². The molecule has 14 heteroatoms. The van der Waals surface area contributed by atoms with Gasteiger partial charge in [0.05, 0.1) is 12.2 Å². The van der Waals surface area contributed by atoms with Crippen LogP contribution in [-0.4, -0.2) is 59.2 Å². The fraction of sp³-hybridized carbons (Fsp3) is 0.526. The molecule has 1 fully saturated rings. The Morgan fingerprint density at radius 2 is 1.82 bits per heavy atom. The van der Waals surface area contributed by atoms with E-state index in [-0.39, 0.29) is 17.4 Å². The highest BCUT2D eigenvalue weighted by Gasteiger charge is 2.58. The van der Waals surface area contributed by atoms with Crippen molar-refractivity contribution in [3.63, 3.8) is 0 Å². The molecular weight excluding hydrogens is 464 g/mol. The first kappa shape index (κ1) is 24.6. The van der Waals surface area contributed by atoms with Crippen LogP contribution in [0.2, 0.25) is 0 Å². The van der Waals surface area contributed by atoms with Crippen molar-refractivity contribution in [1.82, 2.24) is 10.6 Å². The molecule has 4 N–H and O–H groups in total. The van der Waals surface area contributed by atoms with Gasteiger partial charge in [-0.25, -0.2) is 4.39 Å². The van der Waals surface area contributed by atoms with E-state index in [9.17, 15) is 45.8 Å². The molecule has 0 bridgehead atoms. The first-order chi connectivity index (χ1) is 15.1. The largest absolute Gasteiger partial charge is 0.485 e. The Morgan fingerprint density at radius 3 is 2.39 bits per heavy atom. The van der Waals surface area contributed by atoms with Crippen LogP contribution in [0.4, 0.5) is 32.0 Å². The molecule has 3 atom stereocenters. The molecule has 182 valence electrons. The van der Waals surface area contributed by atoms with Gasteiger partial charge >= 0.3 is 12.1 Å². The van der Waals surface area contributed by atoms with Crippen molar-refractivity contribution in [2.45, 2.75) is 49.6 Å². The van der Waals surface area contributed by atoms with E-state index in [4.69, 9.17) is 4.74 Å². The molecule has 3 amide bonds. The van der Waals surface area contributed by atoms with Crippen LogP contribution >= 0.6 is 0 Å². The lowest BCUT2D eigenvalue weighted by Crippen LogP contribution is -2.62. The fourth-order valence-corrected chi connectivity index (χ4v) is 3.07. The third-order valence-corrected chi connectivity index (χ3v) is 5.22. The average Bonchev–Trinajstić information content (AvgIpc) is 3.54. The Kier molecular flexibility index (Phi) is 6.26. The molecule has 0 aromatic heterocycles. The van der Waals surface area contributed by atoms with Gasteiger partial charge in [0, 0.05) is 6.07 Å². The predicted molar refractivity (Wildman–Crippen MR) is 98.7 cm³/mol. The summed E-state index contributed by atoms with van der Waals surface area (Å²) >= 11 is 0. The zero-order valence-electron chi connectivity index (χ0n) is 16.9. The summed E-state index contributed by atoms with van der Waals surface area (Å²) in [7, 11) is 0. The third kappa shape index (κ3) is 5.15. The SMILES string of the molecule is CC(O)(C(=O)NCC(F)(F)C(F)(F)F)C(=O)N[C@@H]1C(=O)Nc2cc(F)ccc2OC1C1CC1. The topological polar surface area (TPSA) is 117 Å². The minimum atomic E-state index is -5.96. The maximum Gasteiger partial charge on any atom is 0.455 e. The summed E-state index contributed by atoms with van der Waals surface area (Å²) in [5, 5.41) is 15.8. The van der Waals surface area contributed by atoms with E-state index in [0.717, 1.165) is 12.1 Å². The second-order valence-corrected chi connectivity index (χ2v) is 7.96. The van der Waals surface area contributed by atoms with E-state index in [1.165, 1.54) is 11.4 Å². The number of carbonyl (C=O) groups excluding carboxylic acids is 3. The fourth-order valence-electron chi connectivity index (χ4n) is 3.07. The molecule has 1 heterocycles. The van der Waals surface area contributed by atoms with Crippen molar-refractivity contribution in [1.29, 1.82) is 0 Å². The number of fused-ring (bicyclic) bond motifs is 1. The number of hydrogen-bond donors (Lipinski definition) is 4. The lowest BCUT2D eigenvalue weighted by Gasteiger charge is -2.29. The van der Waals surface area contributed by atoms with Crippen LogP contribution in [0.3, 0.4) is 0 Å². The maximum absolute atomic E-state index is 13.5. The average molecular weight is 483 g/mol. The number of nitrogens with one attached hydrogen (secondary N) is 3. The van der Waals surface area contributed by atoms with Crippen molar-refractivity contribution in [2.75, 3.05) is 11.9 Å². The van der Waals surface area contributed by atoms with E-state index < -0.39 is 59.9 Å². The quantitative estimate of drug-likeness (QED) is 0.362. The van der Waals surface area contributed by atoms with Crippen LogP contribution in [-0.2, 0) is 14.4 Å². The van der Waals surface area contributed by atoms with Crippen LogP contribution in [0.25, 0.3) is 0 Å². The summed E-state index contributed by atoms with van der Waals surface area (Å²) < 4.78 is 82.2. The molecule has 1 aliphatic heterocycles. The molecule has 1 aliphatic carbocycles. The number of carbonyl (C=O) groups is 3. The zero-order valence-corrected chi connectivity index (χ0v) is 16.9. The number of amides is 3. The normalized spacial score (nSPS) is 22.7. The molecule has 2 aliphatic rings. The van der Waals surface area contributed by atoms with Gasteiger partial charge < -0.3 is 25.8 Å². The molecule has 0 spiro atoms. The zero-order chi connectivity index (χ0) is 24.8. The summed E-state index contributed by atoms with van der Waals surface area (Å²) in [4.78, 5) is 37.3. The first-order valence-corrected chi connectivity index (χ1v) is 9.67. The van der Waals surface area contributed by atoms with Crippen molar-refractivity contribution in [3.8, 4) is 5.75 Å². The molecule has 8 nitrogen and oxygen atoms in total. The summed E-state index contributed by atoms with van der Waals surface area (Å²) in [6.07, 6.45) is -5.71. The highest BCUT2D eigenvalue weighted by molar-refractivity contribution is 6.09. The second-order valence-electron chi connectivity index (χ2n) is 7.96. The van der Waals surface area contributed by atoms with Crippen LogP contribution in [0, 0.1) is 11.7 Å². The third-order valence-electron chi connectivity index (χ3n) is 5.22. The standard InChI is InChI=1S/C19H19F6N3O5/c1-17(32,15(30)26-7-18(21,22)19(23,24)25)16(31)28-12-13(8-2-3-8)33-11-5-4-9(20)6-10(11)27-14(12)29/h4-6,8,12-13,32H,2-3,7H2,1H3,(H,26,30)(H,27,29)(H,28,31)/t12-,13?,17?/m0/s1. The molecule has 3 rings (SSSR count). The summed E-state index contributed by atoms with van der Waals surface area (Å²) in [5.41, 5.74) is -3.14. The summed E-state index contributed by atoms with van der Waals surface area (Å²) in [5.74, 6) is -10.3. The second kappa shape index (κ2) is 8.39. The van der Waals surface area contributed by atoms with Gasteiger partial charge in [-0.1, -0.05) is 0 Å². The van der Waals surface area contributed by atoms with Crippen molar-refractivity contribution in [3.05, 3.63) is 24.0 Å². The highest BCUT2D eigenvalue weighted by atomic mass is 19.4. The van der Waals surface area contributed by atoms with Crippen LogP contribution in [0.1, 0.15) is 19.8 Å². The number of rotatable bonds is 6. The highest BCUT2D eigenvalue weighted by Crippen LogP contribution is 2.40. The van der Waals surface area contributed by atoms with E-state index in [2.05, 4.69) is 10.6 Å². The van der Waals surface area contributed by atoms with Gasteiger partial charge in [-0.05, 0) is 37.8 Å². The number of benzene rings is 1. The number of anilines is 1. The molecule has 2 unspecified atom stereocenters. The van der Waals surface area contributed by atoms with Crippen molar-refractivity contribution >= 4 is 23.4 Å². The number of aliphatic hydroxyl groups is 1. The molecule has 1 aromatic rings. The van der Waals surface area contributed by atoms with Gasteiger partial charge in [0.1, 0.15) is 23.7 Å². The van der Waals surface area contributed by atoms with Gasteiger partial charge in [-0.3, -0.25) is 14.4 Å². The van der Waals surface area contributed by atoms with E-state index in [0.29, 0.717) is 19.8 Å². The van der Waals surface area contributed by atoms with Gasteiger partial charge in [0.25, 0.3) is 17.7 Å². The minimum absolute atomic E-state index is 0.0266. The number of ether oxygens (including phenoxy) is 1. The Morgan fingerprint density at radius 1 is 1.18 bits per heavy atom. The number of halogens is 6. The molecule has 1 saturated carbocycles. The van der Waals surface area contributed by atoms with E-state index in [1.807, 2.05) is 0 Å². The monoisotopic (exact) mass is 483 g/mol. The number of hydrogen-bond acceptors (Lipinski definition) is 5. The van der Waals surface area contributed by atoms with Crippen molar-refractivity contribution in [2.24, 2.45) is 5.92 Å². The van der Waals surface area contributed by atoms with Crippen molar-refractivity contribution < 1.29 is 50.6 Å². The van der Waals surface area contributed by atoms with Gasteiger partial charge in [-0.2, -0.15) is 22.0 Å². The molecule has 0 saturated heterocycles. The Bertz CT molecular complexity index is 964. The Hall–Kier alpha value is -3.03. The summed E-state index contributed by atoms with van der Waals surface area (Å²) in [6.45, 7) is -1.65. The van der Waals surface area contributed by atoms with Crippen LogP contribution in [0.5, 0.6) is 5.75 Å². The first-order valence-electron chi connectivity index (χ1n) is 9.67. The Labute approximate surface area is 182 Å². The lowest BCUT2D eigenvalue weighted by molar-refractivity contribution is -0.278. The molecular formula is C19H19F6N3O5. The maximum atomic E-state index is 13.5. The number of alkyl halides is 5. The summed E-state index contributed by atoms with van der Waals surface area (Å²) in [6, 6.07) is 1.83. The Balaban J connectivity index is 1.74. The van der Waals surface area contributed by atoms with Gasteiger partial charge in [0.2, 0.25) is 5.60 Å². The van der Waals surface area contributed by atoms with Gasteiger partial charge in [-0.15, -0.1) is 0 Å². The van der Waals surface area contributed by atoms with Gasteiger partial charge in [0.15, 0.2) is 0 Å². The van der Waals surface area contributed by atoms with E-state index in [1.54, 1.807) is 0 Å². The minimum Gasteiger partial charge on any atom is -0.485 e. The molecule has 1 aromatic carbocycles. The lowest BCUT2D eigenvalue weighted by atomic mass is 10.0.